The summed E-state index contributed by atoms with van der Waals surface area (Å²) in [6.45, 7) is 1.18. The standard InChI is InChI=1S/C14H17F2NO2/c1-8(9-3-2-4-9)17-14(19)10-5-12(15)11(7-18)13(16)6-10/h5-6,8-9,18H,2-4,7H2,1H3,(H,17,19). The van der Waals surface area contributed by atoms with E-state index in [9.17, 15) is 13.6 Å². The average Bonchev–Trinajstić information content (AvgIpc) is 2.25. The molecule has 19 heavy (non-hydrogen) atoms. The van der Waals surface area contributed by atoms with E-state index >= 15 is 0 Å². The molecule has 104 valence electrons. The van der Waals surface area contributed by atoms with Crippen LogP contribution >= 0.6 is 0 Å². The fraction of sp³-hybridized carbons (Fsp3) is 0.500. The topological polar surface area (TPSA) is 49.3 Å². The molecule has 2 N–H and O–H groups in total. The largest absolute Gasteiger partial charge is 0.391 e. The van der Waals surface area contributed by atoms with Crippen molar-refractivity contribution in [1.29, 1.82) is 0 Å². The van der Waals surface area contributed by atoms with E-state index in [-0.39, 0.29) is 11.6 Å². The highest BCUT2D eigenvalue weighted by Gasteiger charge is 2.25. The first-order valence-electron chi connectivity index (χ1n) is 6.42. The first kappa shape index (κ1) is 13.9. The zero-order valence-electron chi connectivity index (χ0n) is 10.7. The maximum atomic E-state index is 13.5. The van der Waals surface area contributed by atoms with Crippen molar-refractivity contribution >= 4 is 5.91 Å². The number of rotatable bonds is 4. The summed E-state index contributed by atoms with van der Waals surface area (Å²) in [5.74, 6) is -1.83. The molecule has 3 nitrogen and oxygen atoms in total. The molecule has 0 radical (unpaired) electrons. The summed E-state index contributed by atoms with van der Waals surface area (Å²) in [6.07, 6.45) is 3.32. The number of benzene rings is 1. The van der Waals surface area contributed by atoms with Crippen LogP contribution in [0.2, 0.25) is 0 Å². The third kappa shape index (κ3) is 2.92. The van der Waals surface area contributed by atoms with Gasteiger partial charge in [0.05, 0.1) is 6.61 Å². The molecule has 1 aliphatic rings. The van der Waals surface area contributed by atoms with E-state index in [2.05, 4.69) is 5.32 Å². The van der Waals surface area contributed by atoms with Gasteiger partial charge in [0.25, 0.3) is 5.91 Å². The van der Waals surface area contributed by atoms with Gasteiger partial charge < -0.3 is 10.4 Å². The molecule has 1 fully saturated rings. The second-order valence-electron chi connectivity index (χ2n) is 5.03. The third-order valence-corrected chi connectivity index (χ3v) is 3.78. The molecule has 0 spiro atoms. The molecule has 0 heterocycles. The summed E-state index contributed by atoms with van der Waals surface area (Å²) in [4.78, 5) is 11.9. The van der Waals surface area contributed by atoms with E-state index in [1.54, 1.807) is 0 Å². The maximum Gasteiger partial charge on any atom is 0.251 e. The quantitative estimate of drug-likeness (QED) is 0.881. The van der Waals surface area contributed by atoms with Crippen LogP contribution in [0.25, 0.3) is 0 Å². The van der Waals surface area contributed by atoms with Crippen LogP contribution in [0.1, 0.15) is 42.1 Å². The Balaban J connectivity index is 2.10. The minimum atomic E-state index is -0.899. The first-order valence-corrected chi connectivity index (χ1v) is 6.42. The Bertz CT molecular complexity index is 463. The summed E-state index contributed by atoms with van der Waals surface area (Å²) in [5.41, 5.74) is -0.470. The van der Waals surface area contributed by atoms with Crippen LogP contribution in [0.15, 0.2) is 12.1 Å². The Labute approximate surface area is 110 Å². The number of aliphatic hydroxyl groups excluding tert-OH is 1. The lowest BCUT2D eigenvalue weighted by atomic mass is 9.80. The number of carbonyl (C=O) groups excluding carboxylic acids is 1. The van der Waals surface area contributed by atoms with Crippen molar-refractivity contribution < 1.29 is 18.7 Å². The van der Waals surface area contributed by atoms with Crippen molar-refractivity contribution in [2.24, 2.45) is 5.92 Å². The number of nitrogens with one attached hydrogen (secondary N) is 1. The Kier molecular flexibility index (Phi) is 4.14. The van der Waals surface area contributed by atoms with E-state index < -0.39 is 29.7 Å². The SMILES string of the molecule is CC(NC(=O)c1cc(F)c(CO)c(F)c1)C1CCC1. The van der Waals surface area contributed by atoms with Crippen molar-refractivity contribution in [1.82, 2.24) is 5.32 Å². The Hall–Kier alpha value is -1.49. The monoisotopic (exact) mass is 269 g/mol. The van der Waals surface area contributed by atoms with E-state index in [1.165, 1.54) is 6.42 Å². The molecule has 1 aliphatic carbocycles. The molecule has 1 amide bonds. The van der Waals surface area contributed by atoms with Crippen molar-refractivity contribution in [3.8, 4) is 0 Å². The molecule has 1 unspecified atom stereocenters. The fourth-order valence-electron chi connectivity index (χ4n) is 2.23. The fourth-order valence-corrected chi connectivity index (χ4v) is 2.23. The van der Waals surface area contributed by atoms with Crippen molar-refractivity contribution in [2.75, 3.05) is 0 Å². The molecular weight excluding hydrogens is 252 g/mol. The minimum Gasteiger partial charge on any atom is -0.391 e. The van der Waals surface area contributed by atoms with Crippen molar-refractivity contribution in [3.63, 3.8) is 0 Å². The molecule has 5 heteroatoms. The van der Waals surface area contributed by atoms with Crippen LogP contribution in [0.4, 0.5) is 8.78 Å². The molecule has 1 saturated carbocycles. The van der Waals surface area contributed by atoms with E-state index in [4.69, 9.17) is 5.11 Å². The second-order valence-corrected chi connectivity index (χ2v) is 5.03. The van der Waals surface area contributed by atoms with Gasteiger partial charge in [-0.2, -0.15) is 0 Å². The second kappa shape index (κ2) is 5.65. The Morgan fingerprint density at radius 1 is 1.42 bits per heavy atom. The average molecular weight is 269 g/mol. The molecule has 0 bridgehead atoms. The summed E-state index contributed by atoms with van der Waals surface area (Å²) in [5, 5.41) is 11.6. The van der Waals surface area contributed by atoms with E-state index in [0.29, 0.717) is 5.92 Å². The lowest BCUT2D eigenvalue weighted by Gasteiger charge is -2.31. The highest BCUT2D eigenvalue weighted by molar-refractivity contribution is 5.94. The lowest BCUT2D eigenvalue weighted by Crippen LogP contribution is -2.40. The van der Waals surface area contributed by atoms with Gasteiger partial charge in [0, 0.05) is 17.2 Å². The van der Waals surface area contributed by atoms with Gasteiger partial charge in [-0.05, 0) is 37.8 Å². The van der Waals surface area contributed by atoms with Gasteiger partial charge in [-0.25, -0.2) is 8.78 Å². The normalized spacial score (nSPS) is 16.8. The number of halogens is 2. The molecule has 0 aliphatic heterocycles. The van der Waals surface area contributed by atoms with Gasteiger partial charge in [0.2, 0.25) is 0 Å². The zero-order valence-corrected chi connectivity index (χ0v) is 10.7. The predicted octanol–water partition coefficient (Wildman–Crippen LogP) is 2.38. The molecule has 1 aromatic rings. The van der Waals surface area contributed by atoms with Gasteiger partial charge in [-0.3, -0.25) is 4.79 Å². The van der Waals surface area contributed by atoms with Gasteiger partial charge in [-0.15, -0.1) is 0 Å². The summed E-state index contributed by atoms with van der Waals surface area (Å²) >= 11 is 0. The Morgan fingerprint density at radius 2 is 2.00 bits per heavy atom. The molecule has 2 rings (SSSR count). The zero-order chi connectivity index (χ0) is 14.0. The smallest absolute Gasteiger partial charge is 0.251 e. The summed E-state index contributed by atoms with van der Waals surface area (Å²) in [7, 11) is 0. The van der Waals surface area contributed by atoms with Crippen LogP contribution in [0, 0.1) is 17.6 Å². The molecule has 1 aromatic carbocycles. The molecular formula is C14H17F2NO2. The Morgan fingerprint density at radius 3 is 2.42 bits per heavy atom. The van der Waals surface area contributed by atoms with Crippen molar-refractivity contribution in [3.05, 3.63) is 34.9 Å². The lowest BCUT2D eigenvalue weighted by molar-refractivity contribution is 0.0908. The highest BCUT2D eigenvalue weighted by Crippen LogP contribution is 2.29. The van der Waals surface area contributed by atoms with Crippen LogP contribution in [0.3, 0.4) is 0 Å². The molecule has 0 saturated heterocycles. The summed E-state index contributed by atoms with van der Waals surface area (Å²) < 4.78 is 26.9. The minimum absolute atomic E-state index is 0.00453. The number of hydrogen-bond acceptors (Lipinski definition) is 2. The van der Waals surface area contributed by atoms with Gasteiger partial charge in [0.15, 0.2) is 0 Å². The van der Waals surface area contributed by atoms with E-state index in [1.807, 2.05) is 6.92 Å². The summed E-state index contributed by atoms with van der Waals surface area (Å²) in [6, 6.07) is 1.92. The molecule has 1 atom stereocenters. The van der Waals surface area contributed by atoms with Crippen LogP contribution in [0.5, 0.6) is 0 Å². The molecule has 0 aromatic heterocycles. The number of carbonyl (C=O) groups is 1. The maximum absolute atomic E-state index is 13.5. The number of aliphatic hydroxyl groups is 1. The predicted molar refractivity (Wildman–Crippen MR) is 66.6 cm³/mol. The third-order valence-electron chi connectivity index (χ3n) is 3.78. The van der Waals surface area contributed by atoms with Crippen molar-refractivity contribution in [2.45, 2.75) is 38.8 Å². The van der Waals surface area contributed by atoms with Crippen LogP contribution < -0.4 is 5.32 Å². The van der Waals surface area contributed by atoms with Gasteiger partial charge in [0.1, 0.15) is 11.6 Å². The first-order chi connectivity index (χ1) is 9.02. The van der Waals surface area contributed by atoms with E-state index in [0.717, 1.165) is 25.0 Å². The van der Waals surface area contributed by atoms with Gasteiger partial charge >= 0.3 is 0 Å². The van der Waals surface area contributed by atoms with Crippen LogP contribution in [-0.4, -0.2) is 17.1 Å². The van der Waals surface area contributed by atoms with Crippen LogP contribution in [-0.2, 0) is 6.61 Å². The number of amides is 1. The van der Waals surface area contributed by atoms with Gasteiger partial charge in [-0.1, -0.05) is 6.42 Å². The number of hydrogen-bond donors (Lipinski definition) is 2. The highest BCUT2D eigenvalue weighted by atomic mass is 19.1.